The first-order valence-electron chi connectivity index (χ1n) is 8.69. The fourth-order valence-corrected chi connectivity index (χ4v) is 4.93. The lowest BCUT2D eigenvalue weighted by atomic mass is 10.1. The van der Waals surface area contributed by atoms with E-state index < -0.39 is 10.0 Å². The topological polar surface area (TPSA) is 64.4 Å². The molecule has 0 N–H and O–H groups in total. The average molecular weight is 369 g/mol. The van der Waals surface area contributed by atoms with Crippen LogP contribution in [-0.2, 0) is 16.6 Å². The quantitative estimate of drug-likeness (QED) is 0.831. The molecule has 0 radical (unpaired) electrons. The van der Waals surface area contributed by atoms with Crippen LogP contribution in [0.5, 0.6) is 0 Å². The third kappa shape index (κ3) is 3.96. The molecule has 2 aromatic carbocycles. The van der Waals surface area contributed by atoms with Crippen LogP contribution in [0.3, 0.4) is 0 Å². The molecule has 0 spiro atoms. The summed E-state index contributed by atoms with van der Waals surface area (Å²) in [6, 6.07) is 15.1. The minimum absolute atomic E-state index is 0.406. The molecule has 1 saturated heterocycles. The van der Waals surface area contributed by atoms with E-state index in [1.807, 2.05) is 50.2 Å². The van der Waals surface area contributed by atoms with Gasteiger partial charge in [-0.2, -0.15) is 9.57 Å². The Labute approximate surface area is 155 Å². The van der Waals surface area contributed by atoms with E-state index in [1.165, 1.54) is 0 Å². The number of rotatable bonds is 4. The van der Waals surface area contributed by atoms with Crippen molar-refractivity contribution < 1.29 is 8.42 Å². The lowest BCUT2D eigenvalue weighted by Crippen LogP contribution is -2.48. The summed E-state index contributed by atoms with van der Waals surface area (Å²) in [5.74, 6) is 0. The number of piperazine rings is 1. The third-order valence-electron chi connectivity index (χ3n) is 4.77. The second-order valence-electron chi connectivity index (χ2n) is 6.76. The van der Waals surface area contributed by atoms with Crippen molar-refractivity contribution in [2.24, 2.45) is 0 Å². The van der Waals surface area contributed by atoms with Crippen molar-refractivity contribution >= 4 is 10.0 Å². The highest BCUT2D eigenvalue weighted by molar-refractivity contribution is 7.89. The van der Waals surface area contributed by atoms with Gasteiger partial charge >= 0.3 is 0 Å². The normalized spacial score (nSPS) is 16.3. The third-order valence-corrected chi connectivity index (χ3v) is 6.83. The number of sulfonamides is 1. The van der Waals surface area contributed by atoms with E-state index in [0.717, 1.165) is 23.2 Å². The largest absolute Gasteiger partial charge is 0.296 e. The van der Waals surface area contributed by atoms with Crippen molar-refractivity contribution in [3.05, 3.63) is 64.7 Å². The van der Waals surface area contributed by atoms with Crippen LogP contribution in [0.2, 0.25) is 0 Å². The minimum atomic E-state index is -3.44. The van der Waals surface area contributed by atoms with Gasteiger partial charge in [-0.25, -0.2) is 8.42 Å². The standard InChI is InChI=1S/C20H23N3O2S/c1-16-3-8-20(17(2)13-16)26(24,25)23-11-9-22(10-12-23)15-19-6-4-18(14-21)5-7-19/h3-8,13H,9-12,15H2,1-2H3. The van der Waals surface area contributed by atoms with Crippen LogP contribution in [0.4, 0.5) is 0 Å². The molecule has 0 unspecified atom stereocenters. The smallest absolute Gasteiger partial charge is 0.243 e. The molecule has 0 bridgehead atoms. The van der Waals surface area contributed by atoms with Crippen molar-refractivity contribution in [2.45, 2.75) is 25.3 Å². The Morgan fingerprint density at radius 1 is 1.00 bits per heavy atom. The molecule has 1 aliphatic rings. The molecular formula is C20H23N3O2S. The Morgan fingerprint density at radius 2 is 1.65 bits per heavy atom. The van der Waals surface area contributed by atoms with Crippen molar-refractivity contribution in [3.63, 3.8) is 0 Å². The molecule has 1 fully saturated rings. The van der Waals surface area contributed by atoms with E-state index in [2.05, 4.69) is 11.0 Å². The van der Waals surface area contributed by atoms with Gasteiger partial charge in [0.05, 0.1) is 16.5 Å². The SMILES string of the molecule is Cc1ccc(S(=O)(=O)N2CCN(Cc3ccc(C#N)cc3)CC2)c(C)c1. The Bertz CT molecular complexity index is 923. The molecule has 3 rings (SSSR count). The monoisotopic (exact) mass is 369 g/mol. The Kier molecular flexibility index (Phi) is 5.42. The van der Waals surface area contributed by atoms with Crippen molar-refractivity contribution in [1.29, 1.82) is 5.26 Å². The summed E-state index contributed by atoms with van der Waals surface area (Å²) >= 11 is 0. The first-order valence-corrected chi connectivity index (χ1v) is 10.1. The zero-order valence-corrected chi connectivity index (χ0v) is 16.0. The Balaban J connectivity index is 1.64. The lowest BCUT2D eigenvalue weighted by molar-refractivity contribution is 0.181. The van der Waals surface area contributed by atoms with Crippen LogP contribution in [0.15, 0.2) is 47.4 Å². The maximum atomic E-state index is 12.9. The second-order valence-corrected chi connectivity index (χ2v) is 8.66. The minimum Gasteiger partial charge on any atom is -0.296 e. The number of hydrogen-bond acceptors (Lipinski definition) is 4. The Hall–Kier alpha value is -2.20. The fraction of sp³-hybridized carbons (Fsp3) is 0.350. The summed E-state index contributed by atoms with van der Waals surface area (Å²) < 4.78 is 27.4. The molecule has 1 heterocycles. The molecule has 2 aromatic rings. The van der Waals surface area contributed by atoms with Gasteiger partial charge in [-0.15, -0.1) is 0 Å². The molecule has 0 amide bonds. The fourth-order valence-electron chi connectivity index (χ4n) is 3.30. The van der Waals surface area contributed by atoms with Crippen LogP contribution in [-0.4, -0.2) is 43.8 Å². The van der Waals surface area contributed by atoms with Crippen molar-refractivity contribution in [3.8, 4) is 6.07 Å². The van der Waals surface area contributed by atoms with Crippen LogP contribution in [0.25, 0.3) is 0 Å². The first kappa shape index (κ1) is 18.6. The summed E-state index contributed by atoms with van der Waals surface area (Å²) in [5.41, 5.74) is 3.64. The van der Waals surface area contributed by atoms with E-state index in [-0.39, 0.29) is 0 Å². The van der Waals surface area contributed by atoms with E-state index in [9.17, 15) is 8.42 Å². The number of aryl methyl sites for hydroxylation is 2. The summed E-state index contributed by atoms with van der Waals surface area (Å²) in [5, 5.41) is 8.86. The molecule has 0 saturated carbocycles. The number of hydrogen-bond donors (Lipinski definition) is 0. The molecule has 0 aromatic heterocycles. The van der Waals surface area contributed by atoms with Gasteiger partial charge in [0.1, 0.15) is 0 Å². The van der Waals surface area contributed by atoms with Gasteiger partial charge in [-0.3, -0.25) is 4.90 Å². The highest BCUT2D eigenvalue weighted by atomic mass is 32.2. The first-order chi connectivity index (χ1) is 12.4. The maximum absolute atomic E-state index is 12.9. The van der Waals surface area contributed by atoms with E-state index in [1.54, 1.807) is 10.4 Å². The molecule has 136 valence electrons. The molecular weight excluding hydrogens is 346 g/mol. The number of benzene rings is 2. The van der Waals surface area contributed by atoms with Crippen molar-refractivity contribution in [1.82, 2.24) is 9.21 Å². The highest BCUT2D eigenvalue weighted by Crippen LogP contribution is 2.22. The summed E-state index contributed by atoms with van der Waals surface area (Å²) in [4.78, 5) is 2.65. The zero-order chi connectivity index (χ0) is 18.7. The molecule has 6 heteroatoms. The van der Waals surface area contributed by atoms with Gasteiger partial charge in [-0.05, 0) is 43.2 Å². The van der Waals surface area contributed by atoms with E-state index in [4.69, 9.17) is 5.26 Å². The van der Waals surface area contributed by atoms with Crippen LogP contribution < -0.4 is 0 Å². The van der Waals surface area contributed by atoms with E-state index >= 15 is 0 Å². The second kappa shape index (κ2) is 7.58. The van der Waals surface area contributed by atoms with Gasteiger partial charge in [-0.1, -0.05) is 29.8 Å². The zero-order valence-electron chi connectivity index (χ0n) is 15.1. The Morgan fingerprint density at radius 3 is 2.23 bits per heavy atom. The predicted molar refractivity (Wildman–Crippen MR) is 101 cm³/mol. The molecule has 0 atom stereocenters. The van der Waals surface area contributed by atoms with Gasteiger partial charge in [0.25, 0.3) is 0 Å². The van der Waals surface area contributed by atoms with Crippen LogP contribution >= 0.6 is 0 Å². The predicted octanol–water partition coefficient (Wildman–Crippen LogP) is 2.68. The number of nitrogens with zero attached hydrogens (tertiary/aromatic N) is 3. The van der Waals surface area contributed by atoms with Gasteiger partial charge < -0.3 is 0 Å². The van der Waals surface area contributed by atoms with E-state index in [0.29, 0.717) is 36.6 Å². The summed E-state index contributed by atoms with van der Waals surface area (Å²) in [6.07, 6.45) is 0. The summed E-state index contributed by atoms with van der Waals surface area (Å²) in [6.45, 7) is 6.96. The number of nitriles is 1. The van der Waals surface area contributed by atoms with Crippen LogP contribution in [0.1, 0.15) is 22.3 Å². The van der Waals surface area contributed by atoms with Gasteiger partial charge in [0, 0.05) is 32.7 Å². The maximum Gasteiger partial charge on any atom is 0.243 e. The molecule has 26 heavy (non-hydrogen) atoms. The van der Waals surface area contributed by atoms with Crippen molar-refractivity contribution in [2.75, 3.05) is 26.2 Å². The summed E-state index contributed by atoms with van der Waals surface area (Å²) in [7, 11) is -3.44. The average Bonchev–Trinajstić information content (AvgIpc) is 2.62. The molecule has 5 nitrogen and oxygen atoms in total. The van der Waals surface area contributed by atoms with Gasteiger partial charge in [0.15, 0.2) is 0 Å². The van der Waals surface area contributed by atoms with Gasteiger partial charge in [0.2, 0.25) is 10.0 Å². The molecule has 1 aliphatic heterocycles. The highest BCUT2D eigenvalue weighted by Gasteiger charge is 2.29. The van der Waals surface area contributed by atoms with Crippen LogP contribution in [0, 0.1) is 25.2 Å². The molecule has 0 aliphatic carbocycles. The lowest BCUT2D eigenvalue weighted by Gasteiger charge is -2.34.